The smallest absolute Gasteiger partial charge is 0.240 e. The second kappa shape index (κ2) is 6.59. The predicted molar refractivity (Wildman–Crippen MR) is 106 cm³/mol. The Hall–Kier alpha value is -2.95. The molecular formula is C23H24N2O3. The molecule has 0 spiro atoms. The molecule has 0 aliphatic carbocycles. The number of ketones is 1. The van der Waals surface area contributed by atoms with Crippen LogP contribution in [0.5, 0.6) is 0 Å². The van der Waals surface area contributed by atoms with Gasteiger partial charge in [0, 0.05) is 27.2 Å². The zero-order chi connectivity index (χ0) is 19.9. The van der Waals surface area contributed by atoms with Gasteiger partial charge in [-0.25, -0.2) is 0 Å². The third-order valence-corrected chi connectivity index (χ3v) is 6.38. The number of carbonyl (C=O) groups is 3. The first-order valence-corrected chi connectivity index (χ1v) is 9.61. The normalized spacial score (nSPS) is 27.5. The Morgan fingerprint density at radius 2 is 1.07 bits per heavy atom. The number of benzene rings is 2. The fourth-order valence-electron chi connectivity index (χ4n) is 4.77. The van der Waals surface area contributed by atoms with Crippen molar-refractivity contribution in [3.8, 4) is 0 Å². The van der Waals surface area contributed by atoms with Crippen molar-refractivity contribution in [2.75, 3.05) is 27.2 Å². The van der Waals surface area contributed by atoms with Gasteiger partial charge in [-0.05, 0) is 24.0 Å². The molecule has 0 bridgehead atoms. The summed E-state index contributed by atoms with van der Waals surface area (Å²) in [5.41, 5.74) is -1.31. The number of Topliss-reactive ketones (excluding diaryl/α,β-unsaturated/α-hetero) is 1. The first kappa shape index (κ1) is 18.4. The van der Waals surface area contributed by atoms with Crippen molar-refractivity contribution >= 4 is 17.6 Å². The average Bonchev–Trinajstić information content (AvgIpc) is 3.21. The minimum atomic E-state index is -1.33. The molecule has 144 valence electrons. The second-order valence-electron chi connectivity index (χ2n) is 7.83. The van der Waals surface area contributed by atoms with Crippen LogP contribution in [0.1, 0.15) is 24.0 Å². The molecule has 2 aromatic carbocycles. The van der Waals surface area contributed by atoms with Gasteiger partial charge in [-0.3, -0.25) is 14.4 Å². The van der Waals surface area contributed by atoms with E-state index in [1.165, 1.54) is 0 Å². The molecular weight excluding hydrogens is 352 g/mol. The van der Waals surface area contributed by atoms with Crippen LogP contribution in [0.15, 0.2) is 60.7 Å². The van der Waals surface area contributed by atoms with E-state index in [1.54, 1.807) is 23.9 Å². The third kappa shape index (κ3) is 2.35. The van der Waals surface area contributed by atoms with Crippen molar-refractivity contribution in [2.24, 2.45) is 0 Å². The van der Waals surface area contributed by atoms with Gasteiger partial charge < -0.3 is 9.80 Å². The summed E-state index contributed by atoms with van der Waals surface area (Å²) in [7, 11) is 3.44. The molecule has 5 heteroatoms. The van der Waals surface area contributed by atoms with E-state index in [4.69, 9.17) is 0 Å². The molecule has 0 radical (unpaired) electrons. The number of nitrogens with zero attached hydrogens (tertiary/aromatic N) is 2. The molecule has 2 saturated heterocycles. The molecule has 28 heavy (non-hydrogen) atoms. The second-order valence-corrected chi connectivity index (χ2v) is 7.83. The van der Waals surface area contributed by atoms with Crippen LogP contribution in [0.4, 0.5) is 0 Å². The molecule has 0 unspecified atom stereocenters. The van der Waals surface area contributed by atoms with Crippen molar-refractivity contribution in [1.82, 2.24) is 9.80 Å². The third-order valence-electron chi connectivity index (χ3n) is 6.38. The van der Waals surface area contributed by atoms with E-state index in [-0.39, 0.29) is 17.6 Å². The van der Waals surface area contributed by atoms with Crippen molar-refractivity contribution in [1.29, 1.82) is 0 Å². The number of carbonyl (C=O) groups excluding carboxylic acids is 3. The largest absolute Gasteiger partial charge is 0.345 e. The summed E-state index contributed by atoms with van der Waals surface area (Å²) in [4.78, 5) is 44.3. The van der Waals surface area contributed by atoms with E-state index in [1.807, 2.05) is 60.7 Å². The van der Waals surface area contributed by atoms with Crippen LogP contribution in [-0.4, -0.2) is 54.6 Å². The van der Waals surface area contributed by atoms with Gasteiger partial charge in [0.05, 0.1) is 0 Å². The highest BCUT2D eigenvalue weighted by molar-refractivity contribution is 6.25. The molecule has 2 aromatic rings. The summed E-state index contributed by atoms with van der Waals surface area (Å²) in [5, 5.41) is 0. The van der Waals surface area contributed by atoms with Crippen molar-refractivity contribution < 1.29 is 14.4 Å². The van der Waals surface area contributed by atoms with E-state index in [0.29, 0.717) is 37.1 Å². The van der Waals surface area contributed by atoms with E-state index < -0.39 is 10.8 Å². The molecule has 4 rings (SSSR count). The topological polar surface area (TPSA) is 57.7 Å². The number of likely N-dealkylation sites (N-methyl/N-ethyl adjacent to an activating group) is 2. The molecule has 2 amide bonds. The van der Waals surface area contributed by atoms with Gasteiger partial charge in [0.2, 0.25) is 11.8 Å². The van der Waals surface area contributed by atoms with Gasteiger partial charge in [-0.2, -0.15) is 0 Å². The van der Waals surface area contributed by atoms with Gasteiger partial charge in [-0.15, -0.1) is 0 Å². The minimum absolute atomic E-state index is 0.221. The van der Waals surface area contributed by atoms with Crippen LogP contribution in [0.25, 0.3) is 0 Å². The molecule has 5 nitrogen and oxygen atoms in total. The lowest BCUT2D eigenvalue weighted by atomic mass is 9.62. The zero-order valence-electron chi connectivity index (χ0n) is 16.2. The lowest BCUT2D eigenvalue weighted by Gasteiger charge is -2.36. The maximum atomic E-state index is 14.3. The highest BCUT2D eigenvalue weighted by Crippen LogP contribution is 2.46. The summed E-state index contributed by atoms with van der Waals surface area (Å²) < 4.78 is 0. The van der Waals surface area contributed by atoms with Crippen LogP contribution in [0, 0.1) is 0 Å². The molecule has 2 atom stereocenters. The van der Waals surface area contributed by atoms with Crippen molar-refractivity contribution in [3.05, 3.63) is 71.8 Å². The molecule has 2 aliphatic heterocycles. The number of hydrogen-bond acceptors (Lipinski definition) is 3. The van der Waals surface area contributed by atoms with E-state index in [0.717, 1.165) is 0 Å². The van der Waals surface area contributed by atoms with Crippen molar-refractivity contribution in [3.63, 3.8) is 0 Å². The van der Waals surface area contributed by atoms with Crippen LogP contribution in [-0.2, 0) is 25.2 Å². The Bertz CT molecular complexity index is 852. The van der Waals surface area contributed by atoms with Crippen LogP contribution < -0.4 is 0 Å². The van der Waals surface area contributed by atoms with E-state index >= 15 is 0 Å². The molecule has 2 fully saturated rings. The molecule has 2 aliphatic rings. The van der Waals surface area contributed by atoms with Gasteiger partial charge in [0.1, 0.15) is 10.8 Å². The SMILES string of the molecule is CN1CC[C@](C(=O)[C@]2(c3ccccc3)CCN(C)C2=O)(c2ccccc2)C1=O. The summed E-state index contributed by atoms with van der Waals surface area (Å²) in [6, 6.07) is 18.4. The number of hydrogen-bond donors (Lipinski definition) is 0. The Kier molecular flexibility index (Phi) is 4.33. The lowest BCUT2D eigenvalue weighted by Crippen LogP contribution is -2.56. The summed E-state index contributed by atoms with van der Waals surface area (Å²) in [5.74, 6) is -0.733. The number of amides is 2. The molecule has 2 heterocycles. The highest BCUT2D eigenvalue weighted by Gasteiger charge is 2.63. The highest BCUT2D eigenvalue weighted by atomic mass is 16.2. The Balaban J connectivity index is 1.95. The van der Waals surface area contributed by atoms with Crippen LogP contribution >= 0.6 is 0 Å². The monoisotopic (exact) mass is 376 g/mol. The van der Waals surface area contributed by atoms with Crippen LogP contribution in [0.2, 0.25) is 0 Å². The Morgan fingerprint density at radius 1 is 0.714 bits per heavy atom. The number of rotatable bonds is 4. The minimum Gasteiger partial charge on any atom is -0.345 e. The standard InChI is InChI=1S/C23H24N2O3/c1-24-15-13-22(20(24)27,17-9-5-3-6-10-17)19(26)23(14-16-25(2)21(23)28)18-11-7-4-8-12-18/h3-12H,13-16H2,1-2H3/t22-,23-/m1/s1. The molecule has 0 saturated carbocycles. The molecule has 0 aromatic heterocycles. The van der Waals surface area contributed by atoms with Gasteiger partial charge >= 0.3 is 0 Å². The fraction of sp³-hybridized carbons (Fsp3) is 0.348. The summed E-state index contributed by atoms with van der Waals surface area (Å²) in [6.45, 7) is 0.989. The van der Waals surface area contributed by atoms with Gasteiger partial charge in [0.25, 0.3) is 0 Å². The maximum Gasteiger partial charge on any atom is 0.240 e. The summed E-state index contributed by atoms with van der Waals surface area (Å²) in [6.07, 6.45) is 0.771. The lowest BCUT2D eigenvalue weighted by molar-refractivity contribution is -0.145. The summed E-state index contributed by atoms with van der Waals surface area (Å²) >= 11 is 0. The Labute approximate surface area is 164 Å². The van der Waals surface area contributed by atoms with Gasteiger partial charge in [-0.1, -0.05) is 60.7 Å². The quantitative estimate of drug-likeness (QED) is 0.769. The zero-order valence-corrected chi connectivity index (χ0v) is 16.2. The first-order valence-electron chi connectivity index (χ1n) is 9.61. The van der Waals surface area contributed by atoms with Gasteiger partial charge in [0.15, 0.2) is 5.78 Å². The fourth-order valence-corrected chi connectivity index (χ4v) is 4.77. The Morgan fingerprint density at radius 3 is 1.36 bits per heavy atom. The average molecular weight is 376 g/mol. The van der Waals surface area contributed by atoms with Crippen molar-refractivity contribution in [2.45, 2.75) is 23.7 Å². The van der Waals surface area contributed by atoms with E-state index in [2.05, 4.69) is 0 Å². The maximum absolute atomic E-state index is 14.3. The van der Waals surface area contributed by atoms with Crippen LogP contribution in [0.3, 0.4) is 0 Å². The van der Waals surface area contributed by atoms with E-state index in [9.17, 15) is 14.4 Å². The first-order chi connectivity index (χ1) is 13.4. The number of likely N-dealkylation sites (tertiary alicyclic amines) is 2. The molecule has 0 N–H and O–H groups in total. The predicted octanol–water partition coefficient (Wildman–Crippen LogP) is 2.16.